The minimum absolute atomic E-state index is 0.0550. The summed E-state index contributed by atoms with van der Waals surface area (Å²) in [7, 11) is 0. The first-order valence-electron chi connectivity index (χ1n) is 8.62. The molecule has 3 heterocycles. The standard InChI is InChI=1S/C16H28N4O3/c1-16(2,3)23-15(22)19-8-5-11(6-9-19)20-13-4-7-17-10-12(13)18-14(20)21/h11-13,17H,4-10H2,1-3H3,(H,18,21)/t12-,13+/m0/s1. The van der Waals surface area contributed by atoms with Gasteiger partial charge in [-0.2, -0.15) is 0 Å². The maximum absolute atomic E-state index is 12.3. The van der Waals surface area contributed by atoms with E-state index in [1.165, 1.54) is 0 Å². The largest absolute Gasteiger partial charge is 0.444 e. The molecule has 3 aliphatic rings. The Hall–Kier alpha value is -1.50. The molecule has 0 aromatic rings. The van der Waals surface area contributed by atoms with Crippen LogP contribution in [0.2, 0.25) is 0 Å². The summed E-state index contributed by atoms with van der Waals surface area (Å²) < 4.78 is 5.43. The highest BCUT2D eigenvalue weighted by molar-refractivity contribution is 5.78. The SMILES string of the molecule is CC(C)(C)OC(=O)N1CCC(N2C(=O)N[C@H]3CNCC[C@H]32)CC1. The summed E-state index contributed by atoms with van der Waals surface area (Å²) in [5.41, 5.74) is -0.467. The molecule has 0 spiro atoms. The van der Waals surface area contributed by atoms with Gasteiger partial charge in [-0.3, -0.25) is 0 Å². The van der Waals surface area contributed by atoms with E-state index in [4.69, 9.17) is 4.74 Å². The van der Waals surface area contributed by atoms with Crippen LogP contribution < -0.4 is 10.6 Å². The van der Waals surface area contributed by atoms with E-state index in [0.717, 1.165) is 32.4 Å². The normalized spacial score (nSPS) is 29.3. The van der Waals surface area contributed by atoms with Gasteiger partial charge in [-0.1, -0.05) is 0 Å². The van der Waals surface area contributed by atoms with E-state index in [1.807, 2.05) is 25.7 Å². The molecule has 2 N–H and O–H groups in total. The Balaban J connectivity index is 1.56. The minimum atomic E-state index is -0.467. The fourth-order valence-corrected chi connectivity index (χ4v) is 3.80. The van der Waals surface area contributed by atoms with Gasteiger partial charge in [0.15, 0.2) is 0 Å². The third-order valence-corrected chi connectivity index (χ3v) is 4.86. The van der Waals surface area contributed by atoms with E-state index in [2.05, 4.69) is 10.6 Å². The van der Waals surface area contributed by atoms with Crippen molar-refractivity contribution in [3.8, 4) is 0 Å². The Bertz CT molecular complexity index is 468. The van der Waals surface area contributed by atoms with Gasteiger partial charge in [0.25, 0.3) is 0 Å². The highest BCUT2D eigenvalue weighted by atomic mass is 16.6. The third-order valence-electron chi connectivity index (χ3n) is 4.86. The Morgan fingerprint density at radius 1 is 1.22 bits per heavy atom. The second-order valence-corrected chi connectivity index (χ2v) is 7.72. The summed E-state index contributed by atoms with van der Waals surface area (Å²) in [6.07, 6.45) is 2.39. The van der Waals surface area contributed by atoms with Gasteiger partial charge in [-0.25, -0.2) is 9.59 Å². The average Bonchev–Trinajstić information content (AvgIpc) is 2.81. The van der Waals surface area contributed by atoms with Gasteiger partial charge in [0.1, 0.15) is 5.60 Å². The number of amides is 3. The van der Waals surface area contributed by atoms with E-state index < -0.39 is 5.60 Å². The van der Waals surface area contributed by atoms with Crippen LogP contribution in [0.25, 0.3) is 0 Å². The molecule has 7 heteroatoms. The van der Waals surface area contributed by atoms with Crippen LogP contribution in [0.4, 0.5) is 9.59 Å². The van der Waals surface area contributed by atoms with Crippen molar-refractivity contribution in [2.24, 2.45) is 0 Å². The number of rotatable bonds is 1. The zero-order valence-electron chi connectivity index (χ0n) is 14.3. The molecule has 0 aromatic carbocycles. The third kappa shape index (κ3) is 3.54. The molecule has 3 rings (SSSR count). The predicted octanol–water partition coefficient (Wildman–Crippen LogP) is 1.14. The molecule has 3 aliphatic heterocycles. The number of carbonyl (C=O) groups is 2. The smallest absolute Gasteiger partial charge is 0.410 e. The molecular weight excluding hydrogens is 296 g/mol. The van der Waals surface area contributed by atoms with Crippen molar-refractivity contribution in [1.29, 1.82) is 0 Å². The number of fused-ring (bicyclic) bond motifs is 1. The molecule has 23 heavy (non-hydrogen) atoms. The Labute approximate surface area is 137 Å². The maximum atomic E-state index is 12.3. The molecule has 3 saturated heterocycles. The first kappa shape index (κ1) is 16.4. The second-order valence-electron chi connectivity index (χ2n) is 7.72. The fraction of sp³-hybridized carbons (Fsp3) is 0.875. The molecule has 0 unspecified atom stereocenters. The first-order chi connectivity index (χ1) is 10.8. The van der Waals surface area contributed by atoms with Crippen molar-refractivity contribution in [3.05, 3.63) is 0 Å². The van der Waals surface area contributed by atoms with Gasteiger partial charge in [-0.05, 0) is 46.6 Å². The summed E-state index contributed by atoms with van der Waals surface area (Å²) in [6, 6.07) is 0.795. The summed E-state index contributed by atoms with van der Waals surface area (Å²) in [5, 5.41) is 6.42. The number of nitrogens with one attached hydrogen (secondary N) is 2. The van der Waals surface area contributed by atoms with E-state index in [-0.39, 0.29) is 24.2 Å². The highest BCUT2D eigenvalue weighted by Crippen LogP contribution is 2.27. The first-order valence-corrected chi connectivity index (χ1v) is 8.62. The second kappa shape index (κ2) is 6.19. The Morgan fingerprint density at radius 2 is 1.91 bits per heavy atom. The lowest BCUT2D eigenvalue weighted by atomic mass is 9.97. The fourth-order valence-electron chi connectivity index (χ4n) is 3.80. The highest BCUT2D eigenvalue weighted by Gasteiger charge is 2.44. The number of carbonyl (C=O) groups excluding carboxylic acids is 2. The molecule has 0 radical (unpaired) electrons. The van der Waals surface area contributed by atoms with Crippen molar-refractivity contribution in [2.45, 2.75) is 63.8 Å². The van der Waals surface area contributed by atoms with Crippen LogP contribution in [0.5, 0.6) is 0 Å². The molecule has 3 fully saturated rings. The molecule has 2 atom stereocenters. The molecule has 0 aliphatic carbocycles. The molecule has 3 amide bonds. The zero-order valence-corrected chi connectivity index (χ0v) is 14.3. The van der Waals surface area contributed by atoms with Gasteiger partial charge in [0, 0.05) is 25.7 Å². The number of urea groups is 1. The number of nitrogens with zero attached hydrogens (tertiary/aromatic N) is 2. The molecule has 0 saturated carbocycles. The van der Waals surface area contributed by atoms with Gasteiger partial charge < -0.3 is 25.2 Å². The lowest BCUT2D eigenvalue weighted by molar-refractivity contribution is 0.0152. The molecule has 0 aromatic heterocycles. The topological polar surface area (TPSA) is 73.9 Å². The molecule has 0 bridgehead atoms. The van der Waals surface area contributed by atoms with Crippen LogP contribution in [0.1, 0.15) is 40.0 Å². The van der Waals surface area contributed by atoms with Crippen molar-refractivity contribution in [3.63, 3.8) is 0 Å². The lowest BCUT2D eigenvalue weighted by Gasteiger charge is -2.40. The number of hydrogen-bond acceptors (Lipinski definition) is 4. The van der Waals surface area contributed by atoms with Crippen LogP contribution in [0.3, 0.4) is 0 Å². The molecular formula is C16H28N4O3. The predicted molar refractivity (Wildman–Crippen MR) is 86.3 cm³/mol. The van der Waals surface area contributed by atoms with Crippen LogP contribution in [0, 0.1) is 0 Å². The average molecular weight is 324 g/mol. The van der Waals surface area contributed by atoms with Gasteiger partial charge >= 0.3 is 12.1 Å². The number of ether oxygens (including phenoxy) is 1. The Morgan fingerprint density at radius 3 is 2.57 bits per heavy atom. The Kier molecular flexibility index (Phi) is 4.40. The van der Waals surface area contributed by atoms with Crippen LogP contribution in [-0.2, 0) is 4.74 Å². The van der Waals surface area contributed by atoms with Crippen LogP contribution >= 0.6 is 0 Å². The van der Waals surface area contributed by atoms with E-state index in [9.17, 15) is 9.59 Å². The van der Waals surface area contributed by atoms with Crippen molar-refractivity contribution >= 4 is 12.1 Å². The van der Waals surface area contributed by atoms with Crippen molar-refractivity contribution in [1.82, 2.24) is 20.4 Å². The van der Waals surface area contributed by atoms with Crippen molar-refractivity contribution in [2.75, 3.05) is 26.2 Å². The molecule has 130 valence electrons. The van der Waals surface area contributed by atoms with Crippen LogP contribution in [-0.4, -0.2) is 71.8 Å². The maximum Gasteiger partial charge on any atom is 0.410 e. The van der Waals surface area contributed by atoms with Gasteiger partial charge in [0.2, 0.25) is 0 Å². The van der Waals surface area contributed by atoms with Gasteiger partial charge in [0.05, 0.1) is 12.1 Å². The van der Waals surface area contributed by atoms with E-state index >= 15 is 0 Å². The zero-order chi connectivity index (χ0) is 16.6. The number of piperidine rings is 2. The van der Waals surface area contributed by atoms with Gasteiger partial charge in [-0.15, -0.1) is 0 Å². The monoisotopic (exact) mass is 324 g/mol. The van der Waals surface area contributed by atoms with Crippen LogP contribution in [0.15, 0.2) is 0 Å². The summed E-state index contributed by atoms with van der Waals surface area (Å²) >= 11 is 0. The number of hydrogen-bond donors (Lipinski definition) is 2. The minimum Gasteiger partial charge on any atom is -0.444 e. The lowest BCUT2D eigenvalue weighted by Crippen LogP contribution is -2.54. The summed E-state index contributed by atoms with van der Waals surface area (Å²) in [5.74, 6) is 0. The molecule has 7 nitrogen and oxygen atoms in total. The van der Waals surface area contributed by atoms with Crippen molar-refractivity contribution < 1.29 is 14.3 Å². The van der Waals surface area contributed by atoms with E-state index in [0.29, 0.717) is 19.1 Å². The quantitative estimate of drug-likeness (QED) is 0.759. The summed E-state index contributed by atoms with van der Waals surface area (Å²) in [4.78, 5) is 28.3. The van der Waals surface area contributed by atoms with E-state index in [1.54, 1.807) is 4.90 Å². The number of likely N-dealkylation sites (tertiary alicyclic amines) is 1. The summed E-state index contributed by atoms with van der Waals surface area (Å²) in [6.45, 7) is 8.75.